The van der Waals surface area contributed by atoms with Crippen molar-refractivity contribution in [3.8, 4) is 34.5 Å². The summed E-state index contributed by atoms with van der Waals surface area (Å²) in [4.78, 5) is 53.1. The number of aromatic nitrogens is 8. The van der Waals surface area contributed by atoms with E-state index in [9.17, 15) is 31.1 Å². The van der Waals surface area contributed by atoms with Crippen molar-refractivity contribution in [1.82, 2.24) is 39.9 Å². The van der Waals surface area contributed by atoms with Gasteiger partial charge < -0.3 is 49.3 Å². The maximum atomic E-state index is 13.5. The highest BCUT2D eigenvalue weighted by atomic mass is 19.4. The quantitative estimate of drug-likeness (QED) is 0.117. The van der Waals surface area contributed by atoms with Crippen LogP contribution in [0.15, 0.2) is 85.7 Å². The fourth-order valence-corrected chi connectivity index (χ4v) is 9.45. The van der Waals surface area contributed by atoms with Gasteiger partial charge in [-0.1, -0.05) is 24.3 Å². The Morgan fingerprint density at radius 1 is 0.718 bits per heavy atom. The van der Waals surface area contributed by atoms with Crippen LogP contribution < -0.4 is 40.5 Å². The van der Waals surface area contributed by atoms with Crippen LogP contribution in [0.5, 0.6) is 11.8 Å². The van der Waals surface area contributed by atoms with Crippen LogP contribution >= 0.6 is 0 Å². The molecule has 4 N–H and O–H groups in total. The van der Waals surface area contributed by atoms with E-state index < -0.39 is 41.1 Å². The highest BCUT2D eigenvalue weighted by Crippen LogP contribution is 2.41. The van der Waals surface area contributed by atoms with Gasteiger partial charge in [0.15, 0.2) is 40.7 Å². The summed E-state index contributed by atoms with van der Waals surface area (Å²) in [5.41, 5.74) is 6.09. The number of anilines is 6. The third-order valence-corrected chi connectivity index (χ3v) is 13.0. The molecule has 2 aromatic carbocycles. The summed E-state index contributed by atoms with van der Waals surface area (Å²) in [5.74, 6) is 1.30. The molecule has 4 aromatic heterocycles. The smallest absolute Gasteiger partial charge is 0.416 e. The second-order valence-corrected chi connectivity index (χ2v) is 19.8. The Balaban J connectivity index is 0.000000151. The van der Waals surface area contributed by atoms with E-state index in [4.69, 9.17) is 34.2 Å². The van der Waals surface area contributed by atoms with E-state index >= 15 is 0 Å². The van der Waals surface area contributed by atoms with E-state index in [0.29, 0.717) is 85.8 Å². The summed E-state index contributed by atoms with van der Waals surface area (Å²) in [6.45, 7) is 12.0. The Labute approximate surface area is 442 Å². The first-order chi connectivity index (χ1) is 37.1. The van der Waals surface area contributed by atoms with Gasteiger partial charge in [0.05, 0.1) is 78.9 Å². The summed E-state index contributed by atoms with van der Waals surface area (Å²) in [7, 11) is 0. The van der Waals surface area contributed by atoms with Gasteiger partial charge >= 0.3 is 18.4 Å². The molecule has 4 fully saturated rings. The molecule has 0 radical (unpaired) electrons. The Morgan fingerprint density at radius 2 is 1.28 bits per heavy atom. The molecule has 12 rings (SSSR count). The Morgan fingerprint density at radius 3 is 1.87 bits per heavy atom. The Kier molecular flexibility index (Phi) is 14.8. The van der Waals surface area contributed by atoms with Crippen molar-refractivity contribution < 1.29 is 59.6 Å². The third-order valence-electron chi connectivity index (χ3n) is 13.0. The van der Waals surface area contributed by atoms with Crippen molar-refractivity contribution in [1.29, 1.82) is 0 Å². The van der Waals surface area contributed by atoms with Gasteiger partial charge in [-0.15, -0.1) is 0 Å². The van der Waals surface area contributed by atoms with E-state index in [-0.39, 0.29) is 47.9 Å². The van der Waals surface area contributed by atoms with Gasteiger partial charge in [-0.2, -0.15) is 36.3 Å². The minimum Gasteiger partial charge on any atom is -0.474 e. The number of rotatable bonds is 9. The van der Waals surface area contributed by atoms with Crippen LogP contribution in [0.1, 0.15) is 51.7 Å². The van der Waals surface area contributed by atoms with Crippen molar-refractivity contribution in [2.24, 2.45) is 0 Å². The first kappa shape index (κ1) is 53.6. The molecule has 412 valence electrons. The lowest BCUT2D eigenvalue weighted by Gasteiger charge is -2.35. The molecule has 0 aliphatic carbocycles. The molecule has 27 heteroatoms. The van der Waals surface area contributed by atoms with Crippen LogP contribution in [-0.2, 0) is 31.3 Å². The van der Waals surface area contributed by atoms with Gasteiger partial charge in [0.2, 0.25) is 11.8 Å². The minimum absolute atomic E-state index is 0.0848. The first-order valence-electron chi connectivity index (χ1n) is 24.9. The zero-order valence-corrected chi connectivity index (χ0v) is 42.6. The Bertz CT molecular complexity index is 3140. The average Bonchev–Trinajstić information content (AvgIpc) is 4.33. The van der Waals surface area contributed by atoms with Crippen LogP contribution in [-0.4, -0.2) is 134 Å². The van der Waals surface area contributed by atoms with Gasteiger partial charge in [-0.05, 0) is 64.8 Å². The molecule has 4 atom stereocenters. The topological polar surface area (TPSA) is 235 Å². The fraction of sp³-hybridized carbons (Fsp3) is 0.431. The third kappa shape index (κ3) is 12.6. The Hall–Kier alpha value is -7.75. The number of hydrogen-bond donors (Lipinski definition) is 3. The van der Waals surface area contributed by atoms with Crippen molar-refractivity contribution in [2.75, 3.05) is 83.7 Å². The van der Waals surface area contributed by atoms with Gasteiger partial charge in [0.1, 0.15) is 31.2 Å². The number of amides is 2. The zero-order chi connectivity index (χ0) is 55.0. The number of urea groups is 1. The number of nitrogens with zero attached hydrogens (tertiary/aromatic N) is 11. The molecule has 6 aromatic rings. The van der Waals surface area contributed by atoms with Crippen LogP contribution in [0.4, 0.5) is 65.8 Å². The normalized spacial score (nSPS) is 21.3. The van der Waals surface area contributed by atoms with Crippen LogP contribution in [0.3, 0.4) is 0 Å². The predicted octanol–water partition coefficient (Wildman–Crippen LogP) is 7.87. The predicted molar refractivity (Wildman–Crippen MR) is 271 cm³/mol. The van der Waals surface area contributed by atoms with E-state index in [2.05, 4.69) is 60.3 Å². The molecule has 6 aliphatic rings. The molecule has 6 aliphatic heterocycles. The molecule has 21 nitrogen and oxygen atoms in total. The number of carbonyl (C=O) groups is 1. The van der Waals surface area contributed by atoms with Gasteiger partial charge in [-0.3, -0.25) is 20.2 Å². The van der Waals surface area contributed by atoms with Crippen LogP contribution in [0.2, 0.25) is 0 Å². The maximum absolute atomic E-state index is 13.5. The number of nitrogens with two attached hydrogens (primary N) is 1. The lowest BCUT2D eigenvalue weighted by Crippen LogP contribution is -2.48. The summed E-state index contributed by atoms with van der Waals surface area (Å²) in [6, 6.07) is 9.56. The summed E-state index contributed by atoms with van der Waals surface area (Å²) in [5, 5.41) is 6.08. The number of benzene rings is 2. The lowest BCUT2D eigenvalue weighted by atomic mass is 10.1. The van der Waals surface area contributed by atoms with Gasteiger partial charge in [-0.25, -0.2) is 24.7 Å². The highest BCUT2D eigenvalue weighted by Gasteiger charge is 2.42. The van der Waals surface area contributed by atoms with E-state index in [0.717, 1.165) is 49.5 Å². The molecule has 4 bridgehead atoms. The second kappa shape index (κ2) is 21.6. The summed E-state index contributed by atoms with van der Waals surface area (Å²) < 4.78 is 112. The highest BCUT2D eigenvalue weighted by molar-refractivity contribution is 6.04. The van der Waals surface area contributed by atoms with Crippen molar-refractivity contribution in [3.05, 3.63) is 96.8 Å². The van der Waals surface area contributed by atoms with Crippen molar-refractivity contribution >= 4 is 40.7 Å². The number of ether oxygens (including phenoxy) is 6. The molecule has 10 heterocycles. The number of halogens is 6. The molecule has 78 heavy (non-hydrogen) atoms. The number of alkyl halides is 6. The zero-order valence-electron chi connectivity index (χ0n) is 42.6. The summed E-state index contributed by atoms with van der Waals surface area (Å²) in [6.07, 6.45) is 1.53. The second-order valence-electron chi connectivity index (χ2n) is 19.8. The molecule has 4 saturated heterocycles. The average molecular weight is 1090 g/mol. The number of fused-ring (bicyclic) bond motifs is 8. The van der Waals surface area contributed by atoms with Crippen molar-refractivity contribution in [3.63, 3.8) is 0 Å². The van der Waals surface area contributed by atoms with Gasteiger partial charge in [0.25, 0.3) is 0 Å². The number of hydrogen-bond acceptors (Lipinski definition) is 19. The van der Waals surface area contributed by atoms with E-state index in [1.165, 1.54) is 47.9 Å². The van der Waals surface area contributed by atoms with Crippen LogP contribution in [0.25, 0.3) is 22.8 Å². The molecule has 0 unspecified atom stereocenters. The molecule has 0 spiro atoms. The molecule has 0 saturated carbocycles. The molecule has 2 amide bonds. The SMILES string of the molecule is CC1(C)OC[C@@H](COc2cncc(N)n2)O1.CC1(C)OC[C@@H](COc2cncc(NC(=O)N3c4nc(-c5cccc(C(F)(F)F)c5)ncc4N4CC[C@H]3C4)n2)O1.FC(F)(F)c1cccc(-c2ncc3c(n2)N[C@H]2CCN3C2)c1. The largest absolute Gasteiger partial charge is 0.474 e. The lowest BCUT2D eigenvalue weighted by molar-refractivity contribution is -0.142. The number of nitrogen functional groups attached to an aromatic ring is 1. The van der Waals surface area contributed by atoms with Gasteiger partial charge in [0, 0.05) is 43.3 Å². The maximum Gasteiger partial charge on any atom is 0.416 e. The fourth-order valence-electron chi connectivity index (χ4n) is 9.45. The monoisotopic (exact) mass is 1090 g/mol. The number of nitrogens with one attached hydrogen (secondary N) is 2. The minimum atomic E-state index is -4.51. The molecular weight excluding hydrogens is 1030 g/mol. The summed E-state index contributed by atoms with van der Waals surface area (Å²) >= 11 is 0. The standard InChI is InChI=1S/C26H26F3N7O4.C15H13F3N4.C10H15N3O3/c1-25(2)39-14-18(40-25)13-38-21-11-30-10-20(32-21)33-24(37)36-17-6-7-35(12-17)19-9-31-22(34-23(19)36)15-4-3-5-16(8-15)26(27,28)29;16-15(17,18)10-3-1-2-9(6-10)13-19-7-12-14(21-13)20-11-4-5-22(12)8-11;1-10(2)15-6-7(16-10)5-14-9-4-12-3-8(11)13-9/h3-5,8-11,17-18H,6-7,12-14H2,1-2H3,(H,32,33,37);1-3,6-7,11H,4-5,8H2,(H,19,20,21);3-4,7H,5-6H2,1-2H3,(H2,11,13)/t17-,18+;11-;7-/m001/s1. The van der Waals surface area contributed by atoms with E-state index in [1.54, 1.807) is 18.5 Å². The van der Waals surface area contributed by atoms with E-state index in [1.807, 2.05) is 27.7 Å². The number of carbonyl (C=O) groups excluding carboxylic acids is 1. The van der Waals surface area contributed by atoms with Crippen molar-refractivity contribution in [2.45, 2.75) is 88.8 Å². The molecular formula is C51H54F6N14O7. The first-order valence-corrected chi connectivity index (χ1v) is 24.9. The van der Waals surface area contributed by atoms with Crippen LogP contribution in [0, 0.1) is 0 Å².